The predicted molar refractivity (Wildman–Crippen MR) is 106 cm³/mol. The molecule has 1 aliphatic rings. The Balaban J connectivity index is 1.51. The lowest BCUT2D eigenvalue weighted by Gasteiger charge is -2.20. The molecular formula is C21H23N3O4. The number of carbonyl (C=O) groups excluding carboxylic acids is 3. The molecule has 0 spiro atoms. The molecule has 7 nitrogen and oxygen atoms in total. The normalized spacial score (nSPS) is 12.7. The van der Waals surface area contributed by atoms with Crippen molar-refractivity contribution in [2.45, 2.75) is 25.7 Å². The summed E-state index contributed by atoms with van der Waals surface area (Å²) in [6, 6.07) is 12.3. The average molecular weight is 381 g/mol. The molecule has 146 valence electrons. The van der Waals surface area contributed by atoms with Crippen LogP contribution in [0.5, 0.6) is 5.75 Å². The molecule has 0 saturated heterocycles. The number of amides is 3. The fourth-order valence-corrected chi connectivity index (χ4v) is 3.14. The largest absolute Gasteiger partial charge is 0.494 e. The third-order valence-electron chi connectivity index (χ3n) is 4.68. The molecule has 0 atom stereocenters. The zero-order chi connectivity index (χ0) is 20.1. The number of benzene rings is 2. The minimum Gasteiger partial charge on any atom is -0.494 e. The second kappa shape index (κ2) is 8.56. The Hall–Kier alpha value is -3.35. The zero-order valence-corrected chi connectivity index (χ0v) is 15.7. The molecular weight excluding hydrogens is 358 g/mol. The van der Waals surface area contributed by atoms with Crippen LogP contribution in [0.25, 0.3) is 0 Å². The molecule has 28 heavy (non-hydrogen) atoms. The van der Waals surface area contributed by atoms with Crippen LogP contribution < -0.4 is 20.7 Å². The van der Waals surface area contributed by atoms with Crippen molar-refractivity contribution in [2.24, 2.45) is 5.73 Å². The highest BCUT2D eigenvalue weighted by atomic mass is 16.5. The topological polar surface area (TPSA) is 102 Å². The molecule has 1 heterocycles. The molecule has 0 unspecified atom stereocenters. The highest BCUT2D eigenvalue weighted by Crippen LogP contribution is 2.27. The molecule has 3 rings (SSSR count). The van der Waals surface area contributed by atoms with E-state index in [0.717, 1.165) is 17.0 Å². The van der Waals surface area contributed by atoms with Crippen molar-refractivity contribution < 1.29 is 19.1 Å². The number of para-hydroxylation sites is 1. The van der Waals surface area contributed by atoms with Crippen molar-refractivity contribution in [3.8, 4) is 5.75 Å². The molecule has 0 bridgehead atoms. The number of nitrogens with two attached hydrogens (primary N) is 1. The monoisotopic (exact) mass is 381 g/mol. The van der Waals surface area contributed by atoms with Crippen molar-refractivity contribution in [1.29, 1.82) is 0 Å². The van der Waals surface area contributed by atoms with Gasteiger partial charge in [0.2, 0.25) is 11.8 Å². The molecule has 3 amide bonds. The van der Waals surface area contributed by atoms with Crippen LogP contribution in [-0.4, -0.2) is 31.4 Å². The van der Waals surface area contributed by atoms with Gasteiger partial charge in [0.25, 0.3) is 5.91 Å². The van der Waals surface area contributed by atoms with Crippen LogP contribution >= 0.6 is 0 Å². The van der Waals surface area contributed by atoms with Crippen molar-refractivity contribution in [1.82, 2.24) is 0 Å². The lowest BCUT2D eigenvalue weighted by molar-refractivity contribution is -0.118. The van der Waals surface area contributed by atoms with Crippen LogP contribution in [0.15, 0.2) is 42.5 Å². The van der Waals surface area contributed by atoms with E-state index in [1.807, 2.05) is 18.2 Å². The van der Waals surface area contributed by atoms with Gasteiger partial charge in [-0.2, -0.15) is 0 Å². The smallest absolute Gasteiger partial charge is 0.250 e. The maximum atomic E-state index is 12.4. The van der Waals surface area contributed by atoms with Crippen LogP contribution in [0.3, 0.4) is 0 Å². The van der Waals surface area contributed by atoms with E-state index in [9.17, 15) is 14.4 Å². The summed E-state index contributed by atoms with van der Waals surface area (Å²) in [6.07, 6.45) is 1.99. The van der Waals surface area contributed by atoms with E-state index >= 15 is 0 Å². The average Bonchev–Trinajstić information content (AvgIpc) is 2.70. The number of hydrogen-bond acceptors (Lipinski definition) is 4. The standard InChI is InChI=1S/C21H23N3O4/c1-24(18-6-3-2-5-16(18)21(22)27)20(26)7-4-12-28-15-9-10-17-14(13-15)8-11-19(25)23-17/h2-3,5-6,9-10,13H,4,7-8,11-12H2,1H3,(H2,22,27)(H,23,25). The molecule has 2 aromatic carbocycles. The summed E-state index contributed by atoms with van der Waals surface area (Å²) in [5.41, 5.74) is 8.07. The van der Waals surface area contributed by atoms with E-state index in [1.54, 1.807) is 31.3 Å². The maximum absolute atomic E-state index is 12.4. The minimum absolute atomic E-state index is 0.0294. The predicted octanol–water partition coefficient (Wildman–Crippen LogP) is 2.49. The lowest BCUT2D eigenvalue weighted by atomic mass is 10.0. The van der Waals surface area contributed by atoms with Gasteiger partial charge in [-0.1, -0.05) is 12.1 Å². The quantitative estimate of drug-likeness (QED) is 0.720. The SMILES string of the molecule is CN(C(=O)CCCOc1ccc2c(c1)CCC(=O)N2)c1ccccc1C(N)=O. The number of nitrogens with zero attached hydrogens (tertiary/aromatic N) is 1. The summed E-state index contributed by atoms with van der Waals surface area (Å²) in [7, 11) is 1.63. The Morgan fingerprint density at radius 2 is 1.96 bits per heavy atom. The van der Waals surface area contributed by atoms with Gasteiger partial charge in [-0.25, -0.2) is 0 Å². The first-order valence-electron chi connectivity index (χ1n) is 9.16. The third-order valence-corrected chi connectivity index (χ3v) is 4.68. The van der Waals surface area contributed by atoms with Crippen LogP contribution in [0.4, 0.5) is 11.4 Å². The first-order chi connectivity index (χ1) is 13.5. The first kappa shape index (κ1) is 19.4. The Bertz CT molecular complexity index is 910. The molecule has 0 aliphatic carbocycles. The molecule has 2 aromatic rings. The van der Waals surface area contributed by atoms with E-state index < -0.39 is 5.91 Å². The van der Waals surface area contributed by atoms with E-state index in [2.05, 4.69) is 5.32 Å². The van der Waals surface area contributed by atoms with Gasteiger partial charge in [-0.05, 0) is 48.7 Å². The fourth-order valence-electron chi connectivity index (χ4n) is 3.14. The Labute approximate surface area is 163 Å². The van der Waals surface area contributed by atoms with Crippen molar-refractivity contribution in [3.05, 3.63) is 53.6 Å². The molecule has 0 radical (unpaired) electrons. The lowest BCUT2D eigenvalue weighted by Crippen LogP contribution is -2.29. The van der Waals surface area contributed by atoms with Gasteiger partial charge in [-0.3, -0.25) is 14.4 Å². The number of ether oxygens (including phenoxy) is 1. The zero-order valence-electron chi connectivity index (χ0n) is 15.7. The molecule has 7 heteroatoms. The molecule has 3 N–H and O–H groups in total. The molecule has 0 fully saturated rings. The van der Waals surface area contributed by atoms with Gasteiger partial charge in [0.05, 0.1) is 17.9 Å². The maximum Gasteiger partial charge on any atom is 0.250 e. The highest BCUT2D eigenvalue weighted by molar-refractivity contribution is 6.03. The summed E-state index contributed by atoms with van der Waals surface area (Å²) in [5, 5.41) is 2.83. The summed E-state index contributed by atoms with van der Waals surface area (Å²) in [6.45, 7) is 0.391. The highest BCUT2D eigenvalue weighted by Gasteiger charge is 2.17. The Morgan fingerprint density at radius 1 is 1.18 bits per heavy atom. The number of hydrogen-bond donors (Lipinski definition) is 2. The number of nitrogens with one attached hydrogen (secondary N) is 1. The van der Waals surface area contributed by atoms with Gasteiger partial charge in [-0.15, -0.1) is 0 Å². The Morgan fingerprint density at radius 3 is 2.75 bits per heavy atom. The second-order valence-electron chi connectivity index (χ2n) is 6.65. The van der Waals surface area contributed by atoms with E-state index in [0.29, 0.717) is 37.1 Å². The summed E-state index contributed by atoms with van der Waals surface area (Å²) in [4.78, 5) is 36.8. The van der Waals surface area contributed by atoms with E-state index in [1.165, 1.54) is 4.90 Å². The second-order valence-corrected chi connectivity index (χ2v) is 6.65. The van der Waals surface area contributed by atoms with Gasteiger partial charge in [0, 0.05) is 25.6 Å². The molecule has 0 saturated carbocycles. The van der Waals surface area contributed by atoms with E-state index in [4.69, 9.17) is 10.5 Å². The first-order valence-corrected chi connectivity index (χ1v) is 9.16. The fraction of sp³-hybridized carbons (Fsp3) is 0.286. The van der Waals surface area contributed by atoms with Crippen molar-refractivity contribution in [2.75, 3.05) is 23.9 Å². The van der Waals surface area contributed by atoms with Crippen LogP contribution in [0.1, 0.15) is 35.2 Å². The Kier molecular flexibility index (Phi) is 5.93. The van der Waals surface area contributed by atoms with Crippen LogP contribution in [-0.2, 0) is 16.0 Å². The van der Waals surface area contributed by atoms with E-state index in [-0.39, 0.29) is 18.2 Å². The molecule has 0 aromatic heterocycles. The number of carbonyl (C=O) groups is 3. The number of aryl methyl sites for hydroxylation is 1. The summed E-state index contributed by atoms with van der Waals surface area (Å²) >= 11 is 0. The number of anilines is 2. The van der Waals surface area contributed by atoms with Crippen molar-refractivity contribution >= 4 is 29.1 Å². The molecule has 1 aliphatic heterocycles. The minimum atomic E-state index is -0.567. The third kappa shape index (κ3) is 4.49. The summed E-state index contributed by atoms with van der Waals surface area (Å²) < 4.78 is 5.74. The number of primary amides is 1. The number of fused-ring (bicyclic) bond motifs is 1. The van der Waals surface area contributed by atoms with Gasteiger partial charge in [0.15, 0.2) is 0 Å². The number of rotatable bonds is 7. The van der Waals surface area contributed by atoms with Crippen molar-refractivity contribution in [3.63, 3.8) is 0 Å². The van der Waals surface area contributed by atoms with Gasteiger partial charge in [0.1, 0.15) is 5.75 Å². The van der Waals surface area contributed by atoms with Crippen LogP contribution in [0.2, 0.25) is 0 Å². The van der Waals surface area contributed by atoms with Crippen LogP contribution in [0, 0.1) is 0 Å². The summed E-state index contributed by atoms with van der Waals surface area (Å²) in [5.74, 6) is 0.0594. The van der Waals surface area contributed by atoms with Gasteiger partial charge >= 0.3 is 0 Å². The van der Waals surface area contributed by atoms with Gasteiger partial charge < -0.3 is 20.7 Å².